The first kappa shape index (κ1) is 15.7. The van der Waals surface area contributed by atoms with Gasteiger partial charge in [0.05, 0.1) is 0 Å². The molecule has 112 valence electrons. The Balaban J connectivity index is 2.36. The lowest BCUT2D eigenvalue weighted by Gasteiger charge is -2.16. The molecule has 0 bridgehead atoms. The van der Waals surface area contributed by atoms with Gasteiger partial charge in [-0.25, -0.2) is 0 Å². The summed E-state index contributed by atoms with van der Waals surface area (Å²) in [4.78, 5) is 2.21. The van der Waals surface area contributed by atoms with E-state index in [1.54, 1.807) is 0 Å². The van der Waals surface area contributed by atoms with Gasteiger partial charge < -0.3 is 10.6 Å². The van der Waals surface area contributed by atoms with Crippen molar-refractivity contribution in [2.75, 3.05) is 20.6 Å². The molecule has 1 unspecified atom stereocenters. The molecule has 2 N–H and O–H groups in total. The molecule has 2 heteroatoms. The van der Waals surface area contributed by atoms with Gasteiger partial charge in [0.1, 0.15) is 0 Å². The Bertz CT molecular complexity index is 575. The molecular formula is C19H26N2. The zero-order valence-corrected chi connectivity index (χ0v) is 13.3. The van der Waals surface area contributed by atoms with Gasteiger partial charge in [-0.3, -0.25) is 0 Å². The van der Waals surface area contributed by atoms with Crippen LogP contribution in [-0.2, 0) is 6.54 Å². The lowest BCUT2D eigenvalue weighted by atomic mass is 9.92. The second-order valence-electron chi connectivity index (χ2n) is 6.00. The average molecular weight is 282 g/mol. The van der Waals surface area contributed by atoms with Crippen LogP contribution < -0.4 is 5.73 Å². The Morgan fingerprint density at radius 1 is 1.05 bits per heavy atom. The molecule has 0 saturated carbocycles. The molecule has 0 amide bonds. The fourth-order valence-corrected chi connectivity index (χ4v) is 2.71. The first-order chi connectivity index (χ1) is 10.1. The van der Waals surface area contributed by atoms with Crippen molar-refractivity contribution in [2.45, 2.75) is 25.8 Å². The van der Waals surface area contributed by atoms with Crippen molar-refractivity contribution in [3.8, 4) is 11.1 Å². The van der Waals surface area contributed by atoms with Gasteiger partial charge in [0, 0.05) is 6.54 Å². The quantitative estimate of drug-likeness (QED) is 0.871. The zero-order chi connectivity index (χ0) is 15.2. The summed E-state index contributed by atoms with van der Waals surface area (Å²) >= 11 is 0. The molecule has 0 aliphatic carbocycles. The van der Waals surface area contributed by atoms with Crippen LogP contribution in [0.1, 0.15) is 30.4 Å². The maximum atomic E-state index is 5.69. The van der Waals surface area contributed by atoms with E-state index >= 15 is 0 Å². The monoisotopic (exact) mass is 282 g/mol. The number of hydrogen-bond acceptors (Lipinski definition) is 2. The van der Waals surface area contributed by atoms with Crippen LogP contribution in [0.4, 0.5) is 0 Å². The second kappa shape index (κ2) is 7.39. The molecule has 2 aromatic carbocycles. The average Bonchev–Trinajstić information content (AvgIpc) is 2.47. The van der Waals surface area contributed by atoms with Crippen LogP contribution in [-0.4, -0.2) is 25.5 Å². The molecule has 0 fully saturated rings. The van der Waals surface area contributed by atoms with Crippen molar-refractivity contribution in [1.82, 2.24) is 4.90 Å². The maximum absolute atomic E-state index is 5.69. The smallest absolute Gasteiger partial charge is 0.0233 e. The summed E-state index contributed by atoms with van der Waals surface area (Å²) in [6, 6.07) is 17.5. The van der Waals surface area contributed by atoms with Crippen LogP contribution in [0.3, 0.4) is 0 Å². The van der Waals surface area contributed by atoms with E-state index in [9.17, 15) is 0 Å². The Morgan fingerprint density at radius 2 is 1.81 bits per heavy atom. The minimum Gasteiger partial charge on any atom is -0.330 e. The summed E-state index contributed by atoms with van der Waals surface area (Å²) in [6.45, 7) is 3.94. The fourth-order valence-electron chi connectivity index (χ4n) is 2.71. The third-order valence-corrected chi connectivity index (χ3v) is 3.87. The molecule has 21 heavy (non-hydrogen) atoms. The van der Waals surface area contributed by atoms with Crippen LogP contribution in [0.25, 0.3) is 11.1 Å². The van der Waals surface area contributed by atoms with Crippen LogP contribution in [0.15, 0.2) is 48.5 Å². The first-order valence-corrected chi connectivity index (χ1v) is 7.65. The molecule has 0 radical (unpaired) electrons. The minimum absolute atomic E-state index is 0.510. The number of rotatable bonds is 6. The van der Waals surface area contributed by atoms with Gasteiger partial charge in [0.2, 0.25) is 0 Å². The molecule has 0 heterocycles. The van der Waals surface area contributed by atoms with E-state index in [1.165, 1.54) is 22.3 Å². The third-order valence-electron chi connectivity index (χ3n) is 3.87. The van der Waals surface area contributed by atoms with Gasteiger partial charge in [0.15, 0.2) is 0 Å². The van der Waals surface area contributed by atoms with Gasteiger partial charge >= 0.3 is 0 Å². The summed E-state index contributed by atoms with van der Waals surface area (Å²) in [5.74, 6) is 0.510. The van der Waals surface area contributed by atoms with Gasteiger partial charge in [-0.15, -0.1) is 0 Å². The zero-order valence-electron chi connectivity index (χ0n) is 13.3. The van der Waals surface area contributed by atoms with Gasteiger partial charge in [0.25, 0.3) is 0 Å². The topological polar surface area (TPSA) is 29.3 Å². The van der Waals surface area contributed by atoms with E-state index < -0.39 is 0 Å². The molecule has 2 nitrogen and oxygen atoms in total. The van der Waals surface area contributed by atoms with Crippen molar-refractivity contribution in [3.63, 3.8) is 0 Å². The maximum Gasteiger partial charge on any atom is 0.0233 e. The van der Waals surface area contributed by atoms with Gasteiger partial charge in [-0.05, 0) is 55.2 Å². The van der Waals surface area contributed by atoms with Crippen molar-refractivity contribution < 1.29 is 0 Å². The summed E-state index contributed by atoms with van der Waals surface area (Å²) in [7, 11) is 4.22. The number of hydrogen-bond donors (Lipinski definition) is 1. The predicted octanol–water partition coefficient (Wildman–Crippen LogP) is 3.87. The summed E-state index contributed by atoms with van der Waals surface area (Å²) in [5, 5.41) is 0. The molecule has 2 aromatic rings. The van der Waals surface area contributed by atoms with E-state index in [0.717, 1.165) is 19.5 Å². The highest BCUT2D eigenvalue weighted by Gasteiger charge is 2.09. The highest BCUT2D eigenvalue weighted by molar-refractivity contribution is 5.68. The van der Waals surface area contributed by atoms with Gasteiger partial charge in [-0.2, -0.15) is 0 Å². The van der Waals surface area contributed by atoms with Crippen LogP contribution in [0.5, 0.6) is 0 Å². The van der Waals surface area contributed by atoms with E-state index in [0.29, 0.717) is 5.92 Å². The standard InChI is InChI=1S/C19H26N2/c1-15(11-12-20)16-8-6-9-17(13-16)19-10-5-4-7-18(19)14-21(2)3/h4-10,13,15H,11-12,14,20H2,1-3H3. The van der Waals surface area contributed by atoms with E-state index in [1.807, 2.05) is 0 Å². The Hall–Kier alpha value is -1.64. The molecule has 0 aromatic heterocycles. The highest BCUT2D eigenvalue weighted by atomic mass is 15.0. The Labute approximate surface area is 128 Å². The number of nitrogens with zero attached hydrogens (tertiary/aromatic N) is 1. The SMILES string of the molecule is CC(CCN)c1cccc(-c2ccccc2CN(C)C)c1. The molecule has 2 rings (SSSR count). The fraction of sp³-hybridized carbons (Fsp3) is 0.368. The van der Waals surface area contributed by atoms with E-state index in [-0.39, 0.29) is 0 Å². The molecule has 1 atom stereocenters. The highest BCUT2D eigenvalue weighted by Crippen LogP contribution is 2.28. The number of benzene rings is 2. The van der Waals surface area contributed by atoms with Crippen molar-refractivity contribution >= 4 is 0 Å². The van der Waals surface area contributed by atoms with E-state index in [2.05, 4.69) is 74.4 Å². The van der Waals surface area contributed by atoms with Crippen molar-refractivity contribution in [3.05, 3.63) is 59.7 Å². The predicted molar refractivity (Wildman–Crippen MR) is 91.4 cm³/mol. The molecular weight excluding hydrogens is 256 g/mol. The van der Waals surface area contributed by atoms with Crippen molar-refractivity contribution in [2.24, 2.45) is 5.73 Å². The third kappa shape index (κ3) is 4.16. The second-order valence-corrected chi connectivity index (χ2v) is 6.00. The first-order valence-electron chi connectivity index (χ1n) is 7.65. The van der Waals surface area contributed by atoms with Crippen molar-refractivity contribution in [1.29, 1.82) is 0 Å². The van der Waals surface area contributed by atoms with Crippen LogP contribution >= 0.6 is 0 Å². The number of nitrogens with two attached hydrogens (primary N) is 1. The summed E-state index contributed by atoms with van der Waals surface area (Å²) < 4.78 is 0. The molecule has 0 saturated heterocycles. The summed E-state index contributed by atoms with van der Waals surface area (Å²) in [5.41, 5.74) is 11.1. The Morgan fingerprint density at radius 3 is 2.52 bits per heavy atom. The van der Waals surface area contributed by atoms with Crippen LogP contribution in [0, 0.1) is 0 Å². The van der Waals surface area contributed by atoms with Gasteiger partial charge in [-0.1, -0.05) is 55.5 Å². The van der Waals surface area contributed by atoms with E-state index in [4.69, 9.17) is 5.73 Å². The molecule has 0 aliphatic rings. The molecule has 0 spiro atoms. The largest absolute Gasteiger partial charge is 0.330 e. The normalized spacial score (nSPS) is 12.6. The summed E-state index contributed by atoms with van der Waals surface area (Å²) in [6.07, 6.45) is 1.03. The minimum atomic E-state index is 0.510. The van der Waals surface area contributed by atoms with Crippen LogP contribution in [0.2, 0.25) is 0 Å². The Kier molecular flexibility index (Phi) is 5.54. The molecule has 0 aliphatic heterocycles. The lowest BCUT2D eigenvalue weighted by molar-refractivity contribution is 0.403. The lowest BCUT2D eigenvalue weighted by Crippen LogP contribution is -2.11.